The van der Waals surface area contributed by atoms with E-state index in [-0.39, 0.29) is 23.0 Å². The summed E-state index contributed by atoms with van der Waals surface area (Å²) in [5, 5.41) is 0. The lowest BCUT2D eigenvalue weighted by Crippen LogP contribution is -2.05. The first-order valence-electron chi connectivity index (χ1n) is 7.41. The molecule has 0 aliphatic carbocycles. The summed E-state index contributed by atoms with van der Waals surface area (Å²) in [6.45, 7) is 0. The molecule has 3 rings (SSSR count). The summed E-state index contributed by atoms with van der Waals surface area (Å²) >= 11 is 0. The van der Waals surface area contributed by atoms with E-state index in [0.717, 1.165) is 11.4 Å². The number of hydrogen-bond acceptors (Lipinski definition) is 3. The molecule has 0 unspecified atom stereocenters. The van der Waals surface area contributed by atoms with Gasteiger partial charge in [0.2, 0.25) is 11.6 Å². The Kier molecular flexibility index (Phi) is 4.62. The first-order chi connectivity index (χ1) is 11.7. The molecule has 0 amide bonds. The van der Waals surface area contributed by atoms with Crippen LogP contribution in [-0.4, -0.2) is 26.5 Å². The van der Waals surface area contributed by atoms with Crippen molar-refractivity contribution in [2.24, 2.45) is 0 Å². The van der Waals surface area contributed by atoms with Crippen LogP contribution >= 0.6 is 0 Å². The largest absolute Gasteiger partial charge is 0.362 e. The molecule has 0 bridgehead atoms. The van der Waals surface area contributed by atoms with Gasteiger partial charge in [-0.05, 0) is 60.7 Å². The van der Waals surface area contributed by atoms with Gasteiger partial charge in [0.05, 0.1) is 0 Å². The summed E-state index contributed by atoms with van der Waals surface area (Å²) in [5.74, 6) is -0.514. The van der Waals surface area contributed by atoms with Crippen LogP contribution in [0.4, 0.5) is 0 Å². The highest BCUT2D eigenvalue weighted by Crippen LogP contribution is 2.06. The first kappa shape index (κ1) is 15.4. The van der Waals surface area contributed by atoms with Crippen LogP contribution in [0.5, 0.6) is 0 Å². The van der Waals surface area contributed by atoms with E-state index in [9.17, 15) is 9.59 Å². The Morgan fingerprint density at radius 1 is 0.750 bits per heavy atom. The number of nitrogens with one attached hydrogen (secondary N) is 2. The topological polar surface area (TPSA) is 78.6 Å². The number of rotatable bonds is 6. The third-order valence-corrected chi connectivity index (χ3v) is 3.33. The lowest BCUT2D eigenvalue weighted by molar-refractivity contribution is 0.104. The number of carbonyl (C=O) groups excluding carboxylic acids is 2. The van der Waals surface area contributed by atoms with Crippen LogP contribution in [0.25, 0.3) is 12.2 Å². The van der Waals surface area contributed by atoms with Gasteiger partial charge in [0.1, 0.15) is 11.4 Å². The van der Waals surface area contributed by atoms with Crippen LogP contribution in [0.3, 0.4) is 0 Å². The van der Waals surface area contributed by atoms with E-state index in [1.54, 1.807) is 42.7 Å². The Bertz CT molecular complexity index is 817. The van der Waals surface area contributed by atoms with Gasteiger partial charge in [-0.1, -0.05) is 6.07 Å². The number of ketones is 2. The Morgan fingerprint density at radius 2 is 1.25 bits per heavy atom. The van der Waals surface area contributed by atoms with E-state index in [1.165, 1.54) is 12.2 Å². The van der Waals surface area contributed by atoms with Crippen molar-refractivity contribution in [3.8, 4) is 0 Å². The molecule has 0 radical (unpaired) electrons. The van der Waals surface area contributed by atoms with Crippen molar-refractivity contribution >= 4 is 23.7 Å². The highest BCUT2D eigenvalue weighted by Gasteiger charge is 2.08. The molecular weight excluding hydrogens is 302 g/mol. The number of nitrogens with zero attached hydrogens (tertiary/aromatic N) is 1. The minimum atomic E-state index is -0.257. The number of aromatic amines is 2. The van der Waals surface area contributed by atoms with Crippen molar-refractivity contribution in [2.45, 2.75) is 0 Å². The van der Waals surface area contributed by atoms with E-state index in [1.807, 2.05) is 24.3 Å². The fraction of sp³-hybridized carbons (Fsp3) is 0. The first-order valence-corrected chi connectivity index (χ1v) is 7.41. The van der Waals surface area contributed by atoms with E-state index in [4.69, 9.17) is 0 Å². The molecule has 0 aliphatic heterocycles. The normalized spacial score (nSPS) is 11.3. The van der Waals surface area contributed by atoms with Crippen molar-refractivity contribution in [3.63, 3.8) is 0 Å². The van der Waals surface area contributed by atoms with Crippen LogP contribution in [0.2, 0.25) is 0 Å². The molecule has 3 aromatic heterocycles. The number of carbonyl (C=O) groups is 2. The highest BCUT2D eigenvalue weighted by molar-refractivity contribution is 6.08. The Balaban J connectivity index is 1.73. The number of H-pyrrole nitrogens is 2. The average molecular weight is 317 g/mol. The molecule has 0 fully saturated rings. The minimum absolute atomic E-state index is 0.233. The van der Waals surface area contributed by atoms with Gasteiger partial charge in [-0.15, -0.1) is 0 Å². The van der Waals surface area contributed by atoms with Crippen molar-refractivity contribution < 1.29 is 9.59 Å². The second kappa shape index (κ2) is 7.19. The Labute approximate surface area is 138 Å². The molecule has 2 N–H and O–H groups in total. The number of aromatic nitrogens is 3. The summed E-state index contributed by atoms with van der Waals surface area (Å²) in [6.07, 6.45) is 9.75. The van der Waals surface area contributed by atoms with E-state index in [2.05, 4.69) is 15.0 Å². The van der Waals surface area contributed by atoms with Gasteiger partial charge in [-0.25, -0.2) is 4.98 Å². The molecule has 0 aromatic carbocycles. The van der Waals surface area contributed by atoms with Crippen LogP contribution in [-0.2, 0) is 0 Å². The third-order valence-electron chi connectivity index (χ3n) is 3.33. The van der Waals surface area contributed by atoms with Crippen LogP contribution in [0.15, 0.2) is 67.0 Å². The van der Waals surface area contributed by atoms with E-state index >= 15 is 0 Å². The predicted octanol–water partition coefficient (Wildman–Crippen LogP) is 3.53. The third kappa shape index (κ3) is 3.84. The van der Waals surface area contributed by atoms with Gasteiger partial charge in [-0.3, -0.25) is 9.59 Å². The monoisotopic (exact) mass is 317 g/mol. The molecule has 0 aliphatic rings. The summed E-state index contributed by atoms with van der Waals surface area (Å²) in [4.78, 5) is 34.4. The molecule has 0 saturated heterocycles. The minimum Gasteiger partial charge on any atom is -0.362 e. The lowest BCUT2D eigenvalue weighted by Gasteiger charge is -1.99. The van der Waals surface area contributed by atoms with E-state index in [0.29, 0.717) is 0 Å². The zero-order valence-electron chi connectivity index (χ0n) is 12.8. The fourth-order valence-corrected chi connectivity index (χ4v) is 2.11. The Morgan fingerprint density at radius 3 is 1.67 bits per heavy atom. The summed E-state index contributed by atoms with van der Waals surface area (Å²) in [6, 6.07) is 12.2. The predicted molar refractivity (Wildman–Crippen MR) is 92.6 cm³/mol. The summed E-state index contributed by atoms with van der Waals surface area (Å²) in [7, 11) is 0. The number of pyridine rings is 1. The molecule has 118 valence electrons. The van der Waals surface area contributed by atoms with Crippen molar-refractivity contribution in [2.75, 3.05) is 0 Å². The number of allylic oxidation sites excluding steroid dienone is 2. The van der Waals surface area contributed by atoms with Crippen LogP contribution < -0.4 is 0 Å². The molecule has 3 aromatic rings. The highest BCUT2D eigenvalue weighted by atomic mass is 16.1. The van der Waals surface area contributed by atoms with Crippen LogP contribution in [0.1, 0.15) is 32.4 Å². The van der Waals surface area contributed by atoms with Gasteiger partial charge in [0.25, 0.3) is 0 Å². The molecule has 0 atom stereocenters. The molecule has 24 heavy (non-hydrogen) atoms. The Hall–Kier alpha value is -3.47. The standard InChI is InChI=1S/C19H15N3O2/c23-18(10-8-14-4-2-12-20-14)16-6-1-7-17(22-16)19(24)11-9-15-5-3-13-21-15/h1-13,20-21H/b10-8+,11-9+. The van der Waals surface area contributed by atoms with Crippen LogP contribution in [0, 0.1) is 0 Å². The zero-order chi connectivity index (χ0) is 16.8. The van der Waals surface area contributed by atoms with Gasteiger partial charge in [0.15, 0.2) is 0 Å². The van der Waals surface area contributed by atoms with Crippen molar-refractivity contribution in [1.29, 1.82) is 0 Å². The fourth-order valence-electron chi connectivity index (χ4n) is 2.11. The quantitative estimate of drug-likeness (QED) is 0.539. The maximum absolute atomic E-state index is 12.2. The van der Waals surface area contributed by atoms with E-state index < -0.39 is 0 Å². The second-order valence-corrected chi connectivity index (χ2v) is 5.05. The summed E-state index contributed by atoms with van der Waals surface area (Å²) < 4.78 is 0. The lowest BCUT2D eigenvalue weighted by atomic mass is 10.1. The maximum atomic E-state index is 12.2. The molecule has 3 heterocycles. The smallest absolute Gasteiger partial charge is 0.204 e. The summed E-state index contributed by atoms with van der Waals surface area (Å²) in [5.41, 5.74) is 2.11. The molecule has 0 spiro atoms. The average Bonchev–Trinajstić information content (AvgIpc) is 3.31. The van der Waals surface area contributed by atoms with Crippen molar-refractivity contribution in [3.05, 3.63) is 89.8 Å². The maximum Gasteiger partial charge on any atom is 0.204 e. The zero-order valence-corrected chi connectivity index (χ0v) is 12.8. The molecule has 0 saturated carbocycles. The van der Waals surface area contributed by atoms with Gasteiger partial charge < -0.3 is 9.97 Å². The van der Waals surface area contributed by atoms with Gasteiger partial charge >= 0.3 is 0 Å². The van der Waals surface area contributed by atoms with Crippen molar-refractivity contribution in [1.82, 2.24) is 15.0 Å². The van der Waals surface area contributed by atoms with Gasteiger partial charge in [0, 0.05) is 23.8 Å². The second-order valence-electron chi connectivity index (χ2n) is 5.05. The molecule has 5 heteroatoms. The SMILES string of the molecule is O=C(/C=C/c1ccc[nH]1)c1cccc(C(=O)/C=C/c2ccc[nH]2)n1. The molecular formula is C19H15N3O2. The molecule has 5 nitrogen and oxygen atoms in total. The van der Waals surface area contributed by atoms with Gasteiger partial charge in [-0.2, -0.15) is 0 Å². The number of hydrogen-bond donors (Lipinski definition) is 2.